The van der Waals surface area contributed by atoms with E-state index < -0.39 is 12.0 Å². The Morgan fingerprint density at radius 3 is 2.45 bits per heavy atom. The zero-order valence-electron chi connectivity index (χ0n) is 15.6. The van der Waals surface area contributed by atoms with Gasteiger partial charge in [-0.25, -0.2) is 4.98 Å². The second-order valence-corrected chi connectivity index (χ2v) is 6.35. The van der Waals surface area contributed by atoms with Crippen LogP contribution in [0.5, 0.6) is 17.4 Å². The molecule has 2 heterocycles. The summed E-state index contributed by atoms with van der Waals surface area (Å²) >= 11 is 0. The molecule has 0 radical (unpaired) electrons. The molecular formula is C22H18N4O3. The van der Waals surface area contributed by atoms with Crippen molar-refractivity contribution in [2.45, 2.75) is 13.0 Å². The summed E-state index contributed by atoms with van der Waals surface area (Å²) in [5.74, 6) is 1.54. The average Bonchev–Trinajstić information content (AvgIpc) is 2.75. The summed E-state index contributed by atoms with van der Waals surface area (Å²) in [7, 11) is 0. The molecule has 4 rings (SSSR count). The summed E-state index contributed by atoms with van der Waals surface area (Å²) in [4.78, 5) is 24.5. The number of hydrogen-bond acceptors (Lipinski definition) is 6. The molecule has 1 unspecified atom stereocenters. The maximum Gasteiger partial charge on any atom is 0.258 e. The van der Waals surface area contributed by atoms with Crippen LogP contribution in [0.25, 0.3) is 22.3 Å². The number of para-hydroxylation sites is 1. The van der Waals surface area contributed by atoms with Crippen molar-refractivity contribution in [3.8, 4) is 28.8 Å². The van der Waals surface area contributed by atoms with Gasteiger partial charge < -0.3 is 15.2 Å². The number of carbonyl (C=O) groups excluding carboxylic acids is 1. The average molecular weight is 386 g/mol. The molecule has 0 aliphatic rings. The summed E-state index contributed by atoms with van der Waals surface area (Å²) < 4.78 is 11.5. The van der Waals surface area contributed by atoms with Crippen molar-refractivity contribution in [3.63, 3.8) is 0 Å². The van der Waals surface area contributed by atoms with Gasteiger partial charge in [-0.05, 0) is 55.5 Å². The highest BCUT2D eigenvalue weighted by Gasteiger charge is 2.13. The van der Waals surface area contributed by atoms with Crippen LogP contribution in [0.2, 0.25) is 0 Å². The standard InChI is InChI=1S/C22H18N4O3/c1-14(20(23)27)28-16-8-10-17(11-9-16)29-22-18-6-2-3-7-19(18)25-21(26-22)15-5-4-12-24-13-15/h2-14H,1H3,(H2,23,27). The van der Waals surface area contributed by atoms with Gasteiger partial charge in [-0.3, -0.25) is 9.78 Å². The highest BCUT2D eigenvalue weighted by Crippen LogP contribution is 2.30. The summed E-state index contributed by atoms with van der Waals surface area (Å²) in [6.07, 6.45) is 2.69. The third-order valence-electron chi connectivity index (χ3n) is 4.24. The first-order valence-corrected chi connectivity index (χ1v) is 9.01. The molecular weight excluding hydrogens is 368 g/mol. The Hall–Kier alpha value is -4.00. The van der Waals surface area contributed by atoms with Crippen molar-refractivity contribution in [3.05, 3.63) is 73.1 Å². The van der Waals surface area contributed by atoms with E-state index in [4.69, 9.17) is 15.2 Å². The van der Waals surface area contributed by atoms with Crippen molar-refractivity contribution >= 4 is 16.8 Å². The van der Waals surface area contributed by atoms with Crippen molar-refractivity contribution in [1.82, 2.24) is 15.0 Å². The second kappa shape index (κ2) is 7.93. The molecule has 0 bridgehead atoms. The number of carbonyl (C=O) groups is 1. The summed E-state index contributed by atoms with van der Waals surface area (Å²) in [5.41, 5.74) is 6.79. The van der Waals surface area contributed by atoms with Crippen LogP contribution < -0.4 is 15.2 Å². The molecule has 0 fully saturated rings. The summed E-state index contributed by atoms with van der Waals surface area (Å²) in [6, 6.07) is 18.3. The monoisotopic (exact) mass is 386 g/mol. The Morgan fingerprint density at radius 1 is 0.966 bits per heavy atom. The fourth-order valence-corrected chi connectivity index (χ4v) is 2.71. The van der Waals surface area contributed by atoms with Crippen molar-refractivity contribution in [2.75, 3.05) is 0 Å². The zero-order chi connectivity index (χ0) is 20.2. The highest BCUT2D eigenvalue weighted by molar-refractivity contribution is 5.85. The Kier molecular flexibility index (Phi) is 5.03. The second-order valence-electron chi connectivity index (χ2n) is 6.35. The minimum Gasteiger partial charge on any atom is -0.481 e. The normalized spacial score (nSPS) is 11.8. The molecule has 0 spiro atoms. The largest absolute Gasteiger partial charge is 0.481 e. The van der Waals surface area contributed by atoms with E-state index >= 15 is 0 Å². The van der Waals surface area contributed by atoms with Gasteiger partial charge in [-0.1, -0.05) is 12.1 Å². The van der Waals surface area contributed by atoms with Gasteiger partial charge in [0, 0.05) is 18.0 Å². The molecule has 2 aromatic carbocycles. The van der Waals surface area contributed by atoms with E-state index in [0.29, 0.717) is 23.2 Å². The van der Waals surface area contributed by atoms with Crippen molar-refractivity contribution in [2.24, 2.45) is 5.73 Å². The van der Waals surface area contributed by atoms with E-state index in [9.17, 15) is 4.79 Å². The van der Waals surface area contributed by atoms with Crippen LogP contribution in [0.3, 0.4) is 0 Å². The molecule has 1 atom stereocenters. The number of pyridine rings is 1. The third kappa shape index (κ3) is 4.14. The maximum absolute atomic E-state index is 11.1. The topological polar surface area (TPSA) is 100 Å². The van der Waals surface area contributed by atoms with E-state index in [2.05, 4.69) is 15.0 Å². The van der Waals surface area contributed by atoms with Crippen LogP contribution in [0, 0.1) is 0 Å². The Bertz CT molecular complexity index is 1150. The first kappa shape index (κ1) is 18.4. The maximum atomic E-state index is 11.1. The van der Waals surface area contributed by atoms with E-state index in [-0.39, 0.29) is 0 Å². The third-order valence-corrected chi connectivity index (χ3v) is 4.24. The van der Waals surface area contributed by atoms with Gasteiger partial charge >= 0.3 is 0 Å². The van der Waals surface area contributed by atoms with Gasteiger partial charge in [-0.2, -0.15) is 4.98 Å². The Morgan fingerprint density at radius 2 is 1.72 bits per heavy atom. The molecule has 144 valence electrons. The van der Waals surface area contributed by atoms with Crippen LogP contribution in [0.15, 0.2) is 73.1 Å². The van der Waals surface area contributed by atoms with Gasteiger partial charge in [-0.15, -0.1) is 0 Å². The predicted molar refractivity (Wildman–Crippen MR) is 109 cm³/mol. The lowest BCUT2D eigenvalue weighted by molar-refractivity contribution is -0.123. The van der Waals surface area contributed by atoms with Gasteiger partial charge in [0.05, 0.1) is 10.9 Å². The summed E-state index contributed by atoms with van der Waals surface area (Å²) in [6.45, 7) is 1.60. The van der Waals surface area contributed by atoms with Crippen LogP contribution in [-0.2, 0) is 4.79 Å². The Balaban J connectivity index is 1.66. The molecule has 1 amide bonds. The molecule has 4 aromatic rings. The number of primary amides is 1. The van der Waals surface area contributed by atoms with E-state index in [0.717, 1.165) is 16.5 Å². The van der Waals surface area contributed by atoms with Crippen LogP contribution in [0.4, 0.5) is 0 Å². The zero-order valence-corrected chi connectivity index (χ0v) is 15.6. The minimum absolute atomic E-state index is 0.439. The first-order valence-electron chi connectivity index (χ1n) is 9.01. The van der Waals surface area contributed by atoms with Crippen LogP contribution >= 0.6 is 0 Å². The molecule has 29 heavy (non-hydrogen) atoms. The predicted octanol–water partition coefficient (Wildman–Crippen LogP) is 3.74. The van der Waals surface area contributed by atoms with E-state index in [1.165, 1.54) is 0 Å². The van der Waals surface area contributed by atoms with Gasteiger partial charge in [0.1, 0.15) is 11.5 Å². The lowest BCUT2D eigenvalue weighted by Crippen LogP contribution is -2.30. The van der Waals surface area contributed by atoms with Crippen LogP contribution in [-0.4, -0.2) is 27.0 Å². The molecule has 0 saturated carbocycles. The lowest BCUT2D eigenvalue weighted by Gasteiger charge is -2.12. The first-order chi connectivity index (χ1) is 14.1. The number of amides is 1. The number of nitrogens with two attached hydrogens (primary N) is 1. The fraction of sp³-hybridized carbons (Fsp3) is 0.0909. The number of fused-ring (bicyclic) bond motifs is 1. The molecule has 2 N–H and O–H groups in total. The van der Waals surface area contributed by atoms with Crippen molar-refractivity contribution < 1.29 is 14.3 Å². The SMILES string of the molecule is CC(Oc1ccc(Oc2nc(-c3cccnc3)nc3ccccc23)cc1)C(N)=O. The number of benzene rings is 2. The van der Waals surface area contributed by atoms with Gasteiger partial charge in [0.2, 0.25) is 5.88 Å². The Labute approximate surface area is 167 Å². The molecule has 0 saturated heterocycles. The number of nitrogens with zero attached hydrogens (tertiary/aromatic N) is 3. The van der Waals surface area contributed by atoms with Crippen LogP contribution in [0.1, 0.15) is 6.92 Å². The number of aromatic nitrogens is 3. The smallest absolute Gasteiger partial charge is 0.258 e. The van der Waals surface area contributed by atoms with Gasteiger partial charge in [0.25, 0.3) is 5.91 Å². The van der Waals surface area contributed by atoms with Crippen molar-refractivity contribution in [1.29, 1.82) is 0 Å². The molecule has 7 heteroatoms. The number of rotatable bonds is 6. The molecule has 7 nitrogen and oxygen atoms in total. The highest BCUT2D eigenvalue weighted by atomic mass is 16.5. The van der Waals surface area contributed by atoms with E-state index in [1.54, 1.807) is 43.6 Å². The minimum atomic E-state index is -0.713. The lowest BCUT2D eigenvalue weighted by atomic mass is 10.2. The molecule has 2 aromatic heterocycles. The fourth-order valence-electron chi connectivity index (χ4n) is 2.71. The molecule has 0 aliphatic heterocycles. The van der Waals surface area contributed by atoms with E-state index in [1.807, 2.05) is 36.4 Å². The number of hydrogen-bond donors (Lipinski definition) is 1. The quantitative estimate of drug-likeness (QED) is 0.542. The number of ether oxygens (including phenoxy) is 2. The van der Waals surface area contributed by atoms with Gasteiger partial charge in [0.15, 0.2) is 11.9 Å². The summed E-state index contributed by atoms with van der Waals surface area (Å²) in [5, 5.41) is 0.794. The molecule has 0 aliphatic carbocycles.